The van der Waals surface area contributed by atoms with Crippen molar-refractivity contribution in [3.05, 3.63) is 42.0 Å². The third-order valence-corrected chi connectivity index (χ3v) is 2.71. The summed E-state index contributed by atoms with van der Waals surface area (Å²) >= 11 is 1.84. The number of allylic oxidation sites excluding steroid dienone is 1. The lowest BCUT2D eigenvalue weighted by Crippen LogP contribution is -1.94. The molecule has 0 aromatic heterocycles. The van der Waals surface area contributed by atoms with Crippen molar-refractivity contribution >= 4 is 11.8 Å². The van der Waals surface area contributed by atoms with Crippen LogP contribution in [0.25, 0.3) is 0 Å². The summed E-state index contributed by atoms with van der Waals surface area (Å²) in [5.74, 6) is 1.04. The second-order valence-corrected chi connectivity index (χ2v) is 3.82. The van der Waals surface area contributed by atoms with Gasteiger partial charge in [0, 0.05) is 17.2 Å². The zero-order valence-corrected chi connectivity index (χ0v) is 8.68. The molecule has 70 valence electrons. The molecule has 0 aliphatic heterocycles. The van der Waals surface area contributed by atoms with Gasteiger partial charge in [-0.3, -0.25) is 0 Å². The van der Waals surface area contributed by atoms with Crippen LogP contribution in [0.15, 0.2) is 41.3 Å². The van der Waals surface area contributed by atoms with Crippen molar-refractivity contribution < 1.29 is 0 Å². The molecule has 13 heavy (non-hydrogen) atoms. The molecule has 0 heterocycles. The van der Waals surface area contributed by atoms with Crippen LogP contribution in [-0.4, -0.2) is 5.75 Å². The van der Waals surface area contributed by atoms with Crippen LogP contribution in [0.3, 0.4) is 0 Å². The van der Waals surface area contributed by atoms with Crippen molar-refractivity contribution in [2.24, 2.45) is 5.73 Å². The van der Waals surface area contributed by atoms with Crippen LogP contribution in [0, 0.1) is 0 Å². The Morgan fingerprint density at radius 2 is 2.00 bits per heavy atom. The Hall–Kier alpha value is -0.730. The average molecular weight is 193 g/mol. The molecule has 0 radical (unpaired) electrons. The standard InChI is InChI=1S/C11H15NS/c1-2-3-8-13-11-6-4-10(9-12)5-7-11/h2-7H,8-9,12H2,1H3/b3-2+. The van der Waals surface area contributed by atoms with E-state index in [0.29, 0.717) is 6.54 Å². The van der Waals surface area contributed by atoms with E-state index in [0.717, 1.165) is 5.75 Å². The maximum absolute atomic E-state index is 5.50. The highest BCUT2D eigenvalue weighted by Crippen LogP contribution is 2.18. The molecule has 1 aromatic carbocycles. The molecule has 1 aromatic rings. The number of hydrogen-bond acceptors (Lipinski definition) is 2. The van der Waals surface area contributed by atoms with Crippen molar-refractivity contribution in [3.8, 4) is 0 Å². The van der Waals surface area contributed by atoms with Crippen molar-refractivity contribution in [2.75, 3.05) is 5.75 Å². The Bertz CT molecular complexity index is 264. The van der Waals surface area contributed by atoms with Gasteiger partial charge in [-0.2, -0.15) is 0 Å². The number of hydrogen-bond donors (Lipinski definition) is 1. The van der Waals surface area contributed by atoms with E-state index in [1.54, 1.807) is 0 Å². The minimum absolute atomic E-state index is 0.625. The highest BCUT2D eigenvalue weighted by atomic mass is 32.2. The summed E-state index contributed by atoms with van der Waals surface area (Å²) < 4.78 is 0. The zero-order valence-electron chi connectivity index (χ0n) is 7.86. The molecule has 0 saturated heterocycles. The summed E-state index contributed by atoms with van der Waals surface area (Å²) in [5, 5.41) is 0. The number of rotatable bonds is 4. The predicted molar refractivity (Wildman–Crippen MR) is 59.9 cm³/mol. The molecule has 0 aliphatic rings. The van der Waals surface area contributed by atoms with Crippen molar-refractivity contribution in [1.82, 2.24) is 0 Å². The second-order valence-electron chi connectivity index (χ2n) is 2.73. The summed E-state index contributed by atoms with van der Waals surface area (Å²) in [5.41, 5.74) is 6.69. The van der Waals surface area contributed by atoms with Crippen LogP contribution in [0.4, 0.5) is 0 Å². The predicted octanol–water partition coefficient (Wildman–Crippen LogP) is 2.81. The summed E-state index contributed by atoms with van der Waals surface area (Å²) in [6.45, 7) is 2.66. The minimum atomic E-state index is 0.625. The van der Waals surface area contributed by atoms with E-state index >= 15 is 0 Å². The molecule has 2 N–H and O–H groups in total. The normalized spacial score (nSPS) is 10.9. The Morgan fingerprint density at radius 3 is 2.54 bits per heavy atom. The highest BCUT2D eigenvalue weighted by Gasteiger charge is 1.91. The minimum Gasteiger partial charge on any atom is -0.326 e. The van der Waals surface area contributed by atoms with Gasteiger partial charge in [-0.05, 0) is 24.6 Å². The van der Waals surface area contributed by atoms with E-state index in [-0.39, 0.29) is 0 Å². The molecule has 0 bridgehead atoms. The summed E-state index contributed by atoms with van der Waals surface area (Å²) in [7, 11) is 0. The fraction of sp³-hybridized carbons (Fsp3) is 0.273. The molecule has 0 saturated carbocycles. The molecular formula is C11H15NS. The van der Waals surface area contributed by atoms with E-state index in [2.05, 4.69) is 36.4 Å². The Kier molecular flexibility index (Phi) is 4.65. The van der Waals surface area contributed by atoms with E-state index in [1.165, 1.54) is 10.5 Å². The van der Waals surface area contributed by atoms with Crippen LogP contribution in [-0.2, 0) is 6.54 Å². The van der Waals surface area contributed by atoms with Crippen LogP contribution < -0.4 is 5.73 Å². The van der Waals surface area contributed by atoms with Crippen LogP contribution >= 0.6 is 11.8 Å². The van der Waals surface area contributed by atoms with Gasteiger partial charge in [0.15, 0.2) is 0 Å². The first-order chi connectivity index (χ1) is 6.36. The van der Waals surface area contributed by atoms with E-state index < -0.39 is 0 Å². The maximum Gasteiger partial charge on any atom is 0.0178 e. The molecule has 1 nitrogen and oxygen atoms in total. The maximum atomic E-state index is 5.50. The summed E-state index contributed by atoms with van der Waals surface area (Å²) in [6, 6.07) is 8.41. The fourth-order valence-electron chi connectivity index (χ4n) is 0.962. The van der Waals surface area contributed by atoms with Gasteiger partial charge in [0.2, 0.25) is 0 Å². The lowest BCUT2D eigenvalue weighted by molar-refractivity contribution is 1.07. The molecule has 0 aliphatic carbocycles. The van der Waals surface area contributed by atoms with Crippen molar-refractivity contribution in [1.29, 1.82) is 0 Å². The molecule has 2 heteroatoms. The molecule has 0 fully saturated rings. The van der Waals surface area contributed by atoms with Gasteiger partial charge in [0.1, 0.15) is 0 Å². The first kappa shape index (κ1) is 10.4. The lowest BCUT2D eigenvalue weighted by Gasteiger charge is -1.99. The number of thioether (sulfide) groups is 1. The third-order valence-electron chi connectivity index (χ3n) is 1.74. The monoisotopic (exact) mass is 193 g/mol. The number of nitrogens with two attached hydrogens (primary N) is 1. The van der Waals surface area contributed by atoms with Gasteiger partial charge in [0.25, 0.3) is 0 Å². The largest absolute Gasteiger partial charge is 0.326 e. The SMILES string of the molecule is C/C=C/CSc1ccc(CN)cc1. The Balaban J connectivity index is 2.49. The van der Waals surface area contributed by atoms with E-state index in [1.807, 2.05) is 18.7 Å². The fourth-order valence-corrected chi connectivity index (χ4v) is 1.77. The van der Waals surface area contributed by atoms with Crippen molar-refractivity contribution in [2.45, 2.75) is 18.4 Å². The average Bonchev–Trinajstić information content (AvgIpc) is 2.19. The van der Waals surface area contributed by atoms with Gasteiger partial charge < -0.3 is 5.73 Å². The first-order valence-corrected chi connectivity index (χ1v) is 5.38. The molecule has 0 amide bonds. The summed E-state index contributed by atoms with van der Waals surface area (Å²) in [4.78, 5) is 1.30. The quantitative estimate of drug-likeness (QED) is 0.588. The highest BCUT2D eigenvalue weighted by molar-refractivity contribution is 7.99. The number of benzene rings is 1. The second kappa shape index (κ2) is 5.84. The smallest absolute Gasteiger partial charge is 0.0178 e. The van der Waals surface area contributed by atoms with Gasteiger partial charge in [-0.1, -0.05) is 24.3 Å². The first-order valence-electron chi connectivity index (χ1n) is 4.39. The Labute approximate surface area is 84.0 Å². The lowest BCUT2D eigenvalue weighted by atomic mass is 10.2. The molecule has 0 atom stereocenters. The van der Waals surface area contributed by atoms with Crippen LogP contribution in [0.1, 0.15) is 12.5 Å². The van der Waals surface area contributed by atoms with Gasteiger partial charge in [-0.25, -0.2) is 0 Å². The van der Waals surface area contributed by atoms with Crippen molar-refractivity contribution in [3.63, 3.8) is 0 Å². The third kappa shape index (κ3) is 3.66. The van der Waals surface area contributed by atoms with E-state index in [9.17, 15) is 0 Å². The molecule has 1 rings (SSSR count). The molecule has 0 spiro atoms. The molecular weight excluding hydrogens is 178 g/mol. The molecule has 0 unspecified atom stereocenters. The topological polar surface area (TPSA) is 26.0 Å². The van der Waals surface area contributed by atoms with Gasteiger partial charge in [0.05, 0.1) is 0 Å². The van der Waals surface area contributed by atoms with E-state index in [4.69, 9.17) is 5.73 Å². The van der Waals surface area contributed by atoms with Crippen LogP contribution in [0.5, 0.6) is 0 Å². The zero-order chi connectivity index (χ0) is 9.52. The summed E-state index contributed by atoms with van der Waals surface area (Å²) in [6.07, 6.45) is 4.22. The van der Waals surface area contributed by atoms with Gasteiger partial charge >= 0.3 is 0 Å². The Morgan fingerprint density at radius 1 is 1.31 bits per heavy atom. The van der Waals surface area contributed by atoms with Crippen LogP contribution in [0.2, 0.25) is 0 Å². The van der Waals surface area contributed by atoms with Gasteiger partial charge in [-0.15, -0.1) is 11.8 Å².